The molecule has 3 heterocycles. The first-order valence-electron chi connectivity index (χ1n) is 8.75. The number of aromatic nitrogens is 2. The van der Waals surface area contributed by atoms with Crippen molar-refractivity contribution in [2.24, 2.45) is 13.0 Å². The van der Waals surface area contributed by atoms with Crippen LogP contribution in [-0.4, -0.2) is 46.0 Å². The van der Waals surface area contributed by atoms with Crippen molar-refractivity contribution < 1.29 is 9.84 Å². The molecule has 1 aromatic heterocycles. The second-order valence-electron chi connectivity index (χ2n) is 7.14. The Morgan fingerprint density at radius 3 is 2.75 bits per heavy atom. The van der Waals surface area contributed by atoms with Crippen LogP contribution in [0.2, 0.25) is 0 Å². The van der Waals surface area contributed by atoms with Crippen LogP contribution in [-0.2, 0) is 17.4 Å². The summed E-state index contributed by atoms with van der Waals surface area (Å²) in [6.45, 7) is 3.18. The van der Waals surface area contributed by atoms with E-state index in [0.29, 0.717) is 19.0 Å². The number of hydrogen-bond donors (Lipinski definition) is 1. The number of nitrogens with zero attached hydrogens (tertiary/aromatic N) is 3. The fraction of sp³-hybridized carbons (Fsp3) is 0.526. The van der Waals surface area contributed by atoms with Crippen LogP contribution in [0.1, 0.15) is 30.2 Å². The third-order valence-corrected chi connectivity index (χ3v) is 5.37. The van der Waals surface area contributed by atoms with E-state index in [1.54, 1.807) is 0 Å². The van der Waals surface area contributed by atoms with Gasteiger partial charge in [0.15, 0.2) is 0 Å². The van der Waals surface area contributed by atoms with E-state index >= 15 is 0 Å². The molecule has 1 aromatic carbocycles. The molecule has 24 heavy (non-hydrogen) atoms. The quantitative estimate of drug-likeness (QED) is 0.934. The molecule has 0 radical (unpaired) electrons. The van der Waals surface area contributed by atoms with E-state index in [9.17, 15) is 5.11 Å². The number of benzene rings is 1. The SMILES string of the molecule is Cn1nccc1[C@@H]1OCCC[C@H]1CN1CC(O)(c2ccccc2)C1. The molecule has 5 heteroatoms. The third kappa shape index (κ3) is 2.88. The maximum Gasteiger partial charge on any atom is 0.115 e. The van der Waals surface area contributed by atoms with Gasteiger partial charge in [0.25, 0.3) is 0 Å². The molecule has 5 nitrogen and oxygen atoms in total. The fourth-order valence-corrected chi connectivity index (χ4v) is 4.11. The number of aliphatic hydroxyl groups is 1. The van der Waals surface area contributed by atoms with Gasteiger partial charge in [-0.25, -0.2) is 0 Å². The lowest BCUT2D eigenvalue weighted by Crippen LogP contribution is -2.60. The Bertz CT molecular complexity index is 679. The van der Waals surface area contributed by atoms with Crippen LogP contribution in [0.15, 0.2) is 42.6 Å². The highest BCUT2D eigenvalue weighted by molar-refractivity contribution is 5.26. The largest absolute Gasteiger partial charge is 0.382 e. The van der Waals surface area contributed by atoms with Gasteiger partial charge in [0.05, 0.1) is 5.69 Å². The maximum atomic E-state index is 10.8. The first-order valence-corrected chi connectivity index (χ1v) is 8.75. The smallest absolute Gasteiger partial charge is 0.115 e. The van der Waals surface area contributed by atoms with Crippen molar-refractivity contribution in [2.45, 2.75) is 24.5 Å². The van der Waals surface area contributed by atoms with Gasteiger partial charge in [-0.15, -0.1) is 0 Å². The normalized spacial score (nSPS) is 26.9. The van der Waals surface area contributed by atoms with Crippen molar-refractivity contribution in [1.82, 2.24) is 14.7 Å². The fourth-order valence-electron chi connectivity index (χ4n) is 4.11. The minimum absolute atomic E-state index is 0.108. The molecule has 2 saturated heterocycles. The molecule has 2 aliphatic heterocycles. The minimum Gasteiger partial charge on any atom is -0.382 e. The molecule has 1 N–H and O–H groups in total. The first-order chi connectivity index (χ1) is 11.7. The predicted molar refractivity (Wildman–Crippen MR) is 91.4 cm³/mol. The van der Waals surface area contributed by atoms with E-state index < -0.39 is 5.60 Å². The van der Waals surface area contributed by atoms with E-state index in [0.717, 1.165) is 37.3 Å². The van der Waals surface area contributed by atoms with Crippen LogP contribution < -0.4 is 0 Å². The molecule has 2 aliphatic rings. The Morgan fingerprint density at radius 2 is 2.04 bits per heavy atom. The average molecular weight is 327 g/mol. The van der Waals surface area contributed by atoms with Crippen molar-refractivity contribution in [3.63, 3.8) is 0 Å². The minimum atomic E-state index is -0.696. The van der Waals surface area contributed by atoms with Crippen molar-refractivity contribution in [2.75, 3.05) is 26.2 Å². The Morgan fingerprint density at radius 1 is 1.25 bits per heavy atom. The Labute approximate surface area is 142 Å². The molecule has 4 rings (SSSR count). The lowest BCUT2D eigenvalue weighted by Gasteiger charge is -2.49. The summed E-state index contributed by atoms with van der Waals surface area (Å²) < 4.78 is 7.99. The number of likely N-dealkylation sites (tertiary alicyclic amines) is 1. The number of aryl methyl sites for hydroxylation is 1. The van der Waals surface area contributed by atoms with Gasteiger partial charge in [0, 0.05) is 45.4 Å². The van der Waals surface area contributed by atoms with Crippen molar-refractivity contribution >= 4 is 0 Å². The van der Waals surface area contributed by atoms with Crippen LogP contribution in [0.3, 0.4) is 0 Å². The summed E-state index contributed by atoms with van der Waals surface area (Å²) in [4.78, 5) is 2.34. The van der Waals surface area contributed by atoms with E-state index in [4.69, 9.17) is 4.74 Å². The van der Waals surface area contributed by atoms with Crippen molar-refractivity contribution in [3.8, 4) is 0 Å². The lowest BCUT2D eigenvalue weighted by molar-refractivity contribution is -0.124. The Hall–Kier alpha value is -1.69. The molecular formula is C19H25N3O2. The van der Waals surface area contributed by atoms with E-state index in [1.807, 2.05) is 48.3 Å². The molecule has 0 aliphatic carbocycles. The van der Waals surface area contributed by atoms with Gasteiger partial charge >= 0.3 is 0 Å². The number of ether oxygens (including phenoxy) is 1. The van der Waals surface area contributed by atoms with Gasteiger partial charge in [-0.05, 0) is 24.5 Å². The highest BCUT2D eigenvalue weighted by Crippen LogP contribution is 2.38. The van der Waals surface area contributed by atoms with Crippen molar-refractivity contribution in [1.29, 1.82) is 0 Å². The summed E-state index contributed by atoms with van der Waals surface area (Å²) in [6, 6.07) is 12.0. The number of rotatable bonds is 4. The van der Waals surface area contributed by atoms with Crippen LogP contribution in [0.5, 0.6) is 0 Å². The molecule has 0 spiro atoms. The topological polar surface area (TPSA) is 50.5 Å². The summed E-state index contributed by atoms with van der Waals surface area (Å²) in [7, 11) is 1.97. The molecule has 0 amide bonds. The zero-order chi connectivity index (χ0) is 16.6. The standard InChI is InChI=1S/C19H25N3O2/c1-21-17(9-10-20-21)18-15(6-5-11-24-18)12-22-13-19(23,14-22)16-7-3-2-4-8-16/h2-4,7-10,15,18,23H,5-6,11-14H2,1H3/t15-,18+/m0/s1. The predicted octanol–water partition coefficient (Wildman–Crippen LogP) is 2.09. The summed E-state index contributed by atoms with van der Waals surface area (Å²) in [5.74, 6) is 0.453. The highest BCUT2D eigenvalue weighted by Gasteiger charge is 2.44. The van der Waals surface area contributed by atoms with Gasteiger partial charge in [-0.3, -0.25) is 9.58 Å². The van der Waals surface area contributed by atoms with Crippen molar-refractivity contribution in [3.05, 3.63) is 53.9 Å². The third-order valence-electron chi connectivity index (χ3n) is 5.37. The first kappa shape index (κ1) is 15.8. The summed E-state index contributed by atoms with van der Waals surface area (Å²) in [5, 5.41) is 15.1. The molecule has 128 valence electrons. The zero-order valence-electron chi connectivity index (χ0n) is 14.1. The molecule has 0 unspecified atom stereocenters. The zero-order valence-corrected chi connectivity index (χ0v) is 14.1. The highest BCUT2D eigenvalue weighted by atomic mass is 16.5. The molecule has 0 saturated carbocycles. The van der Waals surface area contributed by atoms with Gasteiger partial charge in [-0.2, -0.15) is 5.10 Å². The van der Waals surface area contributed by atoms with E-state index in [-0.39, 0.29) is 6.10 Å². The molecule has 2 aromatic rings. The number of hydrogen-bond acceptors (Lipinski definition) is 4. The van der Waals surface area contributed by atoms with Gasteiger partial charge in [-0.1, -0.05) is 30.3 Å². The van der Waals surface area contributed by atoms with Crippen LogP contribution in [0.4, 0.5) is 0 Å². The maximum absolute atomic E-state index is 10.8. The Kier molecular flexibility index (Phi) is 4.16. The van der Waals surface area contributed by atoms with E-state index in [2.05, 4.69) is 16.1 Å². The molecule has 0 bridgehead atoms. The van der Waals surface area contributed by atoms with Crippen LogP contribution in [0, 0.1) is 5.92 Å². The average Bonchev–Trinajstić information content (AvgIpc) is 3.00. The second kappa shape index (κ2) is 6.31. The van der Waals surface area contributed by atoms with Gasteiger partial charge in [0.1, 0.15) is 11.7 Å². The molecular weight excluding hydrogens is 302 g/mol. The van der Waals surface area contributed by atoms with Crippen LogP contribution in [0.25, 0.3) is 0 Å². The number of β-amino-alcohol motifs (C(OH)–C–C–N with tert-alkyl or cyclic N) is 1. The van der Waals surface area contributed by atoms with E-state index in [1.165, 1.54) is 0 Å². The summed E-state index contributed by atoms with van der Waals surface area (Å²) >= 11 is 0. The molecule has 2 atom stereocenters. The van der Waals surface area contributed by atoms with Gasteiger partial charge in [0.2, 0.25) is 0 Å². The second-order valence-corrected chi connectivity index (χ2v) is 7.14. The van der Waals surface area contributed by atoms with Gasteiger partial charge < -0.3 is 9.84 Å². The lowest BCUT2D eigenvalue weighted by atomic mass is 9.83. The van der Waals surface area contributed by atoms with Crippen LogP contribution >= 0.6 is 0 Å². The monoisotopic (exact) mass is 327 g/mol. The summed E-state index contributed by atoms with van der Waals surface area (Å²) in [5.41, 5.74) is 1.47. The summed E-state index contributed by atoms with van der Waals surface area (Å²) in [6.07, 6.45) is 4.21. The molecule has 2 fully saturated rings. The Balaban J connectivity index is 1.41.